The van der Waals surface area contributed by atoms with Crippen molar-refractivity contribution < 1.29 is 9.72 Å². The van der Waals surface area contributed by atoms with E-state index in [9.17, 15) is 14.9 Å². The van der Waals surface area contributed by atoms with Gasteiger partial charge in [-0.15, -0.1) is 0 Å². The minimum absolute atomic E-state index is 0.0833. The fourth-order valence-corrected chi connectivity index (χ4v) is 2.72. The molecule has 1 amide bonds. The predicted octanol–water partition coefficient (Wildman–Crippen LogP) is 3.29. The number of benzene rings is 1. The highest BCUT2D eigenvalue weighted by molar-refractivity contribution is 6.33. The molecule has 0 radical (unpaired) electrons. The van der Waals surface area contributed by atoms with Gasteiger partial charge in [0, 0.05) is 17.3 Å². The third kappa shape index (κ3) is 4.44. The van der Waals surface area contributed by atoms with E-state index in [4.69, 9.17) is 23.2 Å². The van der Waals surface area contributed by atoms with Crippen molar-refractivity contribution in [3.63, 3.8) is 0 Å². The maximum absolute atomic E-state index is 12.2. The van der Waals surface area contributed by atoms with Crippen LogP contribution in [-0.2, 0) is 17.9 Å². The van der Waals surface area contributed by atoms with Crippen LogP contribution in [0.5, 0.6) is 0 Å². The zero-order valence-electron chi connectivity index (χ0n) is 14.1. The maximum Gasteiger partial charge on any atom is 0.408 e. The molecule has 11 heteroatoms. The molecule has 0 atom stereocenters. The van der Waals surface area contributed by atoms with Crippen LogP contribution in [0.1, 0.15) is 11.3 Å². The molecule has 3 rings (SSSR count). The third-order valence-electron chi connectivity index (χ3n) is 3.75. The number of carbonyl (C=O) groups is 1. The third-order valence-corrected chi connectivity index (χ3v) is 4.44. The van der Waals surface area contributed by atoms with Gasteiger partial charge in [-0.05, 0) is 29.5 Å². The van der Waals surface area contributed by atoms with Crippen LogP contribution in [0, 0.1) is 17.0 Å². The van der Waals surface area contributed by atoms with Crippen LogP contribution in [0.2, 0.25) is 10.0 Å². The summed E-state index contributed by atoms with van der Waals surface area (Å²) in [5.41, 5.74) is 1.35. The van der Waals surface area contributed by atoms with E-state index in [-0.39, 0.29) is 11.6 Å². The number of aromatic nitrogens is 4. The van der Waals surface area contributed by atoms with Gasteiger partial charge in [-0.3, -0.25) is 9.48 Å². The van der Waals surface area contributed by atoms with E-state index < -0.39 is 16.6 Å². The van der Waals surface area contributed by atoms with Crippen LogP contribution in [0.3, 0.4) is 0 Å². The van der Waals surface area contributed by atoms with E-state index in [0.29, 0.717) is 23.1 Å². The van der Waals surface area contributed by atoms with Crippen molar-refractivity contribution >= 4 is 40.7 Å². The molecule has 1 N–H and O–H groups in total. The predicted molar refractivity (Wildman–Crippen MR) is 100 cm³/mol. The highest BCUT2D eigenvalue weighted by Crippen LogP contribution is 2.26. The number of nitrogens with zero attached hydrogens (tertiary/aromatic N) is 5. The Balaban J connectivity index is 1.63. The zero-order valence-corrected chi connectivity index (χ0v) is 15.6. The Morgan fingerprint density at radius 3 is 2.56 bits per heavy atom. The smallest absolute Gasteiger partial charge is 0.358 e. The van der Waals surface area contributed by atoms with E-state index in [2.05, 4.69) is 15.5 Å². The van der Waals surface area contributed by atoms with E-state index in [1.807, 2.05) is 12.1 Å². The zero-order chi connectivity index (χ0) is 19.6. The van der Waals surface area contributed by atoms with Crippen molar-refractivity contribution in [2.24, 2.45) is 0 Å². The molecule has 0 saturated carbocycles. The lowest BCUT2D eigenvalue weighted by Gasteiger charge is -2.03. The van der Waals surface area contributed by atoms with Crippen molar-refractivity contribution in [1.29, 1.82) is 0 Å². The summed E-state index contributed by atoms with van der Waals surface area (Å²) >= 11 is 11.7. The summed E-state index contributed by atoms with van der Waals surface area (Å²) in [4.78, 5) is 22.3. The van der Waals surface area contributed by atoms with Crippen LogP contribution >= 0.6 is 23.2 Å². The molecule has 0 spiro atoms. The minimum atomic E-state index is -0.692. The molecule has 0 bridgehead atoms. The first-order valence-electron chi connectivity index (χ1n) is 7.78. The van der Waals surface area contributed by atoms with Gasteiger partial charge >= 0.3 is 5.82 Å². The molecular formula is C16H14Cl2N6O3. The Hall–Kier alpha value is -2.91. The summed E-state index contributed by atoms with van der Waals surface area (Å²) in [6.07, 6.45) is 1.73. The van der Waals surface area contributed by atoms with Crippen LogP contribution in [0.4, 0.5) is 11.6 Å². The summed E-state index contributed by atoms with van der Waals surface area (Å²) < 4.78 is 2.85. The van der Waals surface area contributed by atoms with Gasteiger partial charge in [0.1, 0.15) is 6.54 Å². The van der Waals surface area contributed by atoms with Crippen molar-refractivity contribution in [2.45, 2.75) is 20.0 Å². The number of anilines is 1. The minimum Gasteiger partial charge on any atom is -0.358 e. The molecule has 0 saturated heterocycles. The summed E-state index contributed by atoms with van der Waals surface area (Å²) in [5.74, 6) is -0.544. The summed E-state index contributed by atoms with van der Waals surface area (Å²) in [7, 11) is 0. The Bertz CT molecular complexity index is 996. The number of rotatable bonds is 6. The fourth-order valence-electron chi connectivity index (χ4n) is 2.39. The second-order valence-corrected chi connectivity index (χ2v) is 6.53. The van der Waals surface area contributed by atoms with Gasteiger partial charge in [0.05, 0.1) is 17.3 Å². The molecule has 0 aliphatic carbocycles. The molecule has 0 unspecified atom stereocenters. The van der Waals surface area contributed by atoms with Gasteiger partial charge in [0.25, 0.3) is 0 Å². The van der Waals surface area contributed by atoms with Gasteiger partial charge in [0.2, 0.25) is 5.91 Å². The molecule has 2 aromatic heterocycles. The monoisotopic (exact) mass is 408 g/mol. The fraction of sp³-hybridized carbons (Fsp3) is 0.188. The molecule has 0 aliphatic rings. The Morgan fingerprint density at radius 2 is 1.93 bits per heavy atom. The number of nitrogens with one attached hydrogen (secondary N) is 1. The molecule has 2 heterocycles. The average molecular weight is 409 g/mol. The second-order valence-electron chi connectivity index (χ2n) is 5.71. The maximum atomic E-state index is 12.2. The lowest BCUT2D eigenvalue weighted by molar-refractivity contribution is -0.389. The standard InChI is InChI=1S/C16H14Cl2N6O3/c1-10-15(18)16(24(26)27)21-23(10)9-14(25)19-13-6-7-22(20-13)8-11-2-4-12(17)5-3-11/h2-7H,8-9H2,1H3,(H,19,20,25). The molecule has 1 aromatic carbocycles. The van der Waals surface area contributed by atoms with Crippen LogP contribution in [-0.4, -0.2) is 30.4 Å². The normalized spacial score (nSPS) is 10.8. The molecule has 3 aromatic rings. The lowest BCUT2D eigenvalue weighted by Crippen LogP contribution is -2.20. The molecular weight excluding hydrogens is 395 g/mol. The van der Waals surface area contributed by atoms with E-state index in [1.165, 1.54) is 4.68 Å². The molecule has 9 nitrogen and oxygen atoms in total. The second kappa shape index (κ2) is 7.77. The average Bonchev–Trinajstić information content (AvgIpc) is 3.16. The van der Waals surface area contributed by atoms with E-state index in [1.54, 1.807) is 36.0 Å². The number of hydrogen-bond acceptors (Lipinski definition) is 5. The van der Waals surface area contributed by atoms with Crippen molar-refractivity contribution in [3.05, 3.63) is 67.9 Å². The summed E-state index contributed by atoms with van der Waals surface area (Å²) in [6.45, 7) is 1.85. The Labute approximate surface area is 163 Å². The van der Waals surface area contributed by atoms with Crippen LogP contribution in [0.25, 0.3) is 0 Å². The van der Waals surface area contributed by atoms with E-state index >= 15 is 0 Å². The first-order chi connectivity index (χ1) is 12.8. The van der Waals surface area contributed by atoms with Gasteiger partial charge in [-0.1, -0.05) is 35.3 Å². The first kappa shape index (κ1) is 18.9. The number of carbonyl (C=O) groups excluding carboxylic acids is 1. The van der Waals surface area contributed by atoms with Gasteiger partial charge in [-0.2, -0.15) is 9.78 Å². The van der Waals surface area contributed by atoms with E-state index in [0.717, 1.165) is 5.56 Å². The van der Waals surface area contributed by atoms with Crippen molar-refractivity contribution in [1.82, 2.24) is 19.6 Å². The molecule has 0 fully saturated rings. The number of hydrogen-bond donors (Lipinski definition) is 1. The number of amides is 1. The van der Waals surface area contributed by atoms with Crippen LogP contribution < -0.4 is 5.32 Å². The Morgan fingerprint density at radius 1 is 1.22 bits per heavy atom. The molecule has 27 heavy (non-hydrogen) atoms. The lowest BCUT2D eigenvalue weighted by atomic mass is 10.2. The highest BCUT2D eigenvalue weighted by atomic mass is 35.5. The van der Waals surface area contributed by atoms with Gasteiger partial charge in [-0.25, -0.2) is 0 Å². The van der Waals surface area contributed by atoms with Gasteiger partial charge < -0.3 is 15.4 Å². The van der Waals surface area contributed by atoms with Crippen LogP contribution in [0.15, 0.2) is 36.5 Å². The summed E-state index contributed by atoms with van der Waals surface area (Å²) in [6, 6.07) is 9.01. The van der Waals surface area contributed by atoms with Crippen molar-refractivity contribution in [3.8, 4) is 0 Å². The Kier molecular flexibility index (Phi) is 5.43. The highest BCUT2D eigenvalue weighted by Gasteiger charge is 2.25. The molecule has 140 valence electrons. The SMILES string of the molecule is Cc1c(Cl)c([N+](=O)[O-])nn1CC(=O)Nc1ccn(Cc2ccc(Cl)cc2)n1. The van der Waals surface area contributed by atoms with Gasteiger partial charge in [0.15, 0.2) is 10.8 Å². The summed E-state index contributed by atoms with van der Waals surface area (Å²) in [5, 5.41) is 22.1. The number of nitro groups is 1. The topological polar surface area (TPSA) is 108 Å². The number of halogens is 2. The molecule has 0 aliphatic heterocycles. The first-order valence-corrected chi connectivity index (χ1v) is 8.54. The quantitative estimate of drug-likeness (QED) is 0.497. The largest absolute Gasteiger partial charge is 0.408 e. The van der Waals surface area contributed by atoms with Crippen molar-refractivity contribution in [2.75, 3.05) is 5.32 Å².